The molecule has 0 aliphatic rings. The van der Waals surface area contributed by atoms with Crippen LogP contribution >= 0.6 is 11.6 Å². The van der Waals surface area contributed by atoms with E-state index in [2.05, 4.69) is 11.6 Å². The fourth-order valence-electron chi connectivity index (χ4n) is 0.138. The molecule has 0 aromatic heterocycles. The van der Waals surface area contributed by atoms with E-state index in [1.165, 1.54) is 0 Å². The number of carbonyl (C=O) groups is 1. The van der Waals surface area contributed by atoms with E-state index in [0.29, 0.717) is 0 Å². The second kappa shape index (κ2) is 2.95. The van der Waals surface area contributed by atoms with Gasteiger partial charge in [0.1, 0.15) is 0 Å². The summed E-state index contributed by atoms with van der Waals surface area (Å²) in [6.07, 6.45) is 0. The minimum absolute atomic E-state index is 1.88. The average Bonchev–Trinajstić information content (AvgIpc) is 1.87. The third-order valence-corrected chi connectivity index (χ3v) is 1.95. The molecule has 0 saturated carbocycles. The third-order valence-electron chi connectivity index (χ3n) is 0.626. The number of hydrogen-bond donors (Lipinski definition) is 0. The minimum Gasteiger partial charge on any atom is -0.273 e. The lowest BCUT2D eigenvalue weighted by atomic mass is 10.8. The van der Waals surface area contributed by atoms with E-state index >= 15 is 0 Å². The second-order valence-electron chi connectivity index (χ2n) is 1.31. The zero-order valence-electron chi connectivity index (χ0n) is 4.55. The van der Waals surface area contributed by atoms with Crippen LogP contribution < -0.4 is 0 Å². The van der Waals surface area contributed by atoms with Gasteiger partial charge < -0.3 is 0 Å². The van der Waals surface area contributed by atoms with Crippen molar-refractivity contribution in [1.82, 2.24) is 0 Å². The van der Waals surface area contributed by atoms with Gasteiger partial charge in [-0.25, -0.2) is 0 Å². The van der Waals surface area contributed by atoms with Crippen LogP contribution in [0.15, 0.2) is 0 Å². The summed E-state index contributed by atoms with van der Waals surface area (Å²) in [6.45, 7) is 0. The third kappa shape index (κ3) is 1.82. The summed E-state index contributed by atoms with van der Waals surface area (Å²) < 4.78 is 56.1. The molecular formula is C2ClF3O4S. The summed E-state index contributed by atoms with van der Waals surface area (Å²) in [7, 11) is -5.88. The molecule has 0 spiro atoms. The van der Waals surface area contributed by atoms with Crippen molar-refractivity contribution in [2.45, 2.75) is 5.25 Å². The molecule has 0 radical (unpaired) electrons. The monoisotopic (exact) mass is 212 g/mol. The maximum atomic E-state index is 11.9. The Kier molecular flexibility index (Phi) is 2.86. The van der Waals surface area contributed by atoms with Gasteiger partial charge in [-0.2, -0.15) is 17.2 Å². The van der Waals surface area contributed by atoms with Gasteiger partial charge in [-0.05, 0) is 16.1 Å². The van der Waals surface area contributed by atoms with E-state index in [4.69, 9.17) is 0 Å². The molecule has 0 fully saturated rings. The highest BCUT2D eigenvalue weighted by Crippen LogP contribution is 2.26. The van der Waals surface area contributed by atoms with Crippen LogP contribution in [-0.2, 0) is 19.3 Å². The Labute approximate surface area is 63.9 Å². The fourth-order valence-corrected chi connectivity index (χ4v) is 0.697. The summed E-state index contributed by atoms with van der Waals surface area (Å²) in [6, 6.07) is 0. The molecule has 0 aromatic carbocycles. The van der Waals surface area contributed by atoms with Crippen LogP contribution in [-0.4, -0.2) is 18.9 Å². The van der Waals surface area contributed by atoms with Crippen LogP contribution in [0, 0.1) is 0 Å². The summed E-state index contributed by atoms with van der Waals surface area (Å²) in [5.74, 6) is 0. The molecular weight excluding hydrogens is 213 g/mol. The standard InChI is InChI=1S/C2ClF3O4S/c3-1(7)2(4,5)11(8,9)10-6. The van der Waals surface area contributed by atoms with Gasteiger partial charge in [0.15, 0.2) is 0 Å². The number of halogens is 4. The van der Waals surface area contributed by atoms with Crippen LogP contribution in [0.25, 0.3) is 0 Å². The van der Waals surface area contributed by atoms with Crippen molar-refractivity contribution in [3.05, 3.63) is 0 Å². The lowest BCUT2D eigenvalue weighted by Gasteiger charge is -2.06. The predicted octanol–water partition coefficient (Wildman–Crippen LogP) is 0.576. The van der Waals surface area contributed by atoms with Crippen LogP contribution in [0.5, 0.6) is 0 Å². The molecule has 0 N–H and O–H groups in total. The lowest BCUT2D eigenvalue weighted by molar-refractivity contribution is -0.127. The van der Waals surface area contributed by atoms with Gasteiger partial charge in [0.2, 0.25) is 0 Å². The van der Waals surface area contributed by atoms with E-state index in [1.807, 2.05) is 4.39 Å². The molecule has 0 aliphatic carbocycles. The first-order chi connectivity index (χ1) is 4.75. The van der Waals surface area contributed by atoms with Crippen LogP contribution in [0.1, 0.15) is 0 Å². The first-order valence-corrected chi connectivity index (χ1v) is 3.67. The zero-order valence-corrected chi connectivity index (χ0v) is 6.13. The van der Waals surface area contributed by atoms with Gasteiger partial charge in [-0.3, -0.25) is 4.79 Å². The van der Waals surface area contributed by atoms with Crippen molar-refractivity contribution in [2.75, 3.05) is 0 Å². The van der Waals surface area contributed by atoms with Crippen molar-refractivity contribution >= 4 is 27.0 Å². The minimum atomic E-state index is -5.88. The highest BCUT2D eigenvalue weighted by Gasteiger charge is 2.54. The normalized spacial score (nSPS) is 13.1. The average molecular weight is 213 g/mol. The predicted molar refractivity (Wildman–Crippen MR) is 26.9 cm³/mol. The number of hydrogen-bond acceptors (Lipinski definition) is 4. The molecule has 0 unspecified atom stereocenters. The van der Waals surface area contributed by atoms with Gasteiger partial charge in [-0.15, -0.1) is 0 Å². The molecule has 0 atom stereocenters. The zero-order chi connectivity index (χ0) is 9.28. The van der Waals surface area contributed by atoms with E-state index < -0.39 is 20.6 Å². The Morgan fingerprint density at radius 1 is 1.45 bits per heavy atom. The molecule has 0 aromatic rings. The maximum Gasteiger partial charge on any atom is 0.444 e. The molecule has 4 nitrogen and oxygen atoms in total. The molecule has 0 aliphatic heterocycles. The molecule has 66 valence electrons. The van der Waals surface area contributed by atoms with Gasteiger partial charge in [-0.1, -0.05) is 4.39 Å². The Morgan fingerprint density at radius 2 is 1.82 bits per heavy atom. The molecule has 0 rings (SSSR count). The first-order valence-electron chi connectivity index (χ1n) is 1.88. The molecule has 11 heavy (non-hydrogen) atoms. The van der Waals surface area contributed by atoms with Gasteiger partial charge in [0.05, 0.1) is 0 Å². The lowest BCUT2D eigenvalue weighted by Crippen LogP contribution is -2.34. The highest BCUT2D eigenvalue weighted by molar-refractivity contribution is 7.88. The largest absolute Gasteiger partial charge is 0.444 e. The van der Waals surface area contributed by atoms with Crippen LogP contribution in [0.3, 0.4) is 0 Å². The molecule has 0 amide bonds. The molecule has 0 saturated heterocycles. The summed E-state index contributed by atoms with van der Waals surface area (Å²) in [5, 5.41) is -7.58. The van der Waals surface area contributed by atoms with Crippen LogP contribution in [0.4, 0.5) is 13.3 Å². The fraction of sp³-hybridized carbons (Fsp3) is 0.500. The number of alkyl halides is 2. The molecule has 0 heterocycles. The Morgan fingerprint density at radius 3 is 1.91 bits per heavy atom. The number of carbonyl (C=O) groups excluding carboxylic acids is 1. The molecule has 0 bridgehead atoms. The van der Waals surface area contributed by atoms with Crippen molar-refractivity contribution in [1.29, 1.82) is 0 Å². The topological polar surface area (TPSA) is 60.4 Å². The number of rotatable bonds is 3. The van der Waals surface area contributed by atoms with E-state index in [0.717, 1.165) is 0 Å². The van der Waals surface area contributed by atoms with Gasteiger partial charge in [0.25, 0.3) is 0 Å². The van der Waals surface area contributed by atoms with Crippen molar-refractivity contribution in [3.8, 4) is 0 Å². The highest BCUT2D eigenvalue weighted by atomic mass is 35.5. The Hall–Kier alpha value is -0.340. The van der Waals surface area contributed by atoms with Crippen LogP contribution in [0.2, 0.25) is 0 Å². The Balaban J connectivity index is 5.01. The van der Waals surface area contributed by atoms with Gasteiger partial charge >= 0.3 is 20.6 Å². The second-order valence-corrected chi connectivity index (χ2v) is 3.20. The maximum absolute atomic E-state index is 11.9. The summed E-state index contributed by atoms with van der Waals surface area (Å²) >= 11 is 4.12. The van der Waals surface area contributed by atoms with Crippen molar-refractivity contribution in [3.63, 3.8) is 0 Å². The van der Waals surface area contributed by atoms with E-state index in [1.54, 1.807) is 0 Å². The smallest absolute Gasteiger partial charge is 0.273 e. The van der Waals surface area contributed by atoms with E-state index in [9.17, 15) is 26.5 Å². The van der Waals surface area contributed by atoms with E-state index in [-0.39, 0.29) is 0 Å². The summed E-state index contributed by atoms with van der Waals surface area (Å²) in [5.41, 5.74) is 0. The Bertz CT molecular complexity index is 259. The van der Waals surface area contributed by atoms with Gasteiger partial charge in [0, 0.05) is 0 Å². The van der Waals surface area contributed by atoms with Crippen molar-refractivity contribution < 1.29 is 30.9 Å². The van der Waals surface area contributed by atoms with Crippen molar-refractivity contribution in [2.24, 2.45) is 0 Å². The quantitative estimate of drug-likeness (QED) is 0.642. The first kappa shape index (κ1) is 10.7. The SMILES string of the molecule is O=C(Cl)C(F)(F)S(=O)(=O)OF. The molecule has 9 heteroatoms. The summed E-state index contributed by atoms with van der Waals surface area (Å²) in [4.78, 5) is 9.66.